The van der Waals surface area contributed by atoms with Gasteiger partial charge in [0.1, 0.15) is 0 Å². The van der Waals surface area contributed by atoms with Crippen molar-refractivity contribution in [2.75, 3.05) is 6.54 Å². The zero-order chi connectivity index (χ0) is 13.5. The second-order valence-corrected chi connectivity index (χ2v) is 8.69. The zero-order valence-electron chi connectivity index (χ0n) is 12.8. The summed E-state index contributed by atoms with van der Waals surface area (Å²) in [5, 5.41) is 14.3. The van der Waals surface area contributed by atoms with Gasteiger partial charge in [-0.25, -0.2) is 0 Å². The monoisotopic (exact) mass is 241 g/mol. The summed E-state index contributed by atoms with van der Waals surface area (Å²) in [6.07, 6.45) is 2.98. The quantitative estimate of drug-likeness (QED) is 0.777. The number of nitrogens with one attached hydrogen (secondary N) is 1. The third-order valence-corrected chi connectivity index (χ3v) is 3.52. The average molecular weight is 241 g/mol. The van der Waals surface area contributed by atoms with Gasteiger partial charge < -0.3 is 10.4 Å². The average Bonchev–Trinajstić information content (AvgIpc) is 1.92. The van der Waals surface area contributed by atoms with E-state index in [4.69, 9.17) is 0 Å². The summed E-state index contributed by atoms with van der Waals surface area (Å²) in [6.45, 7) is 16.2. The molecule has 1 aliphatic rings. The van der Waals surface area contributed by atoms with Crippen molar-refractivity contribution in [2.45, 2.75) is 78.9 Å². The van der Waals surface area contributed by atoms with Crippen LogP contribution in [-0.2, 0) is 0 Å². The topological polar surface area (TPSA) is 32.3 Å². The Hall–Kier alpha value is -0.0800. The molecule has 0 amide bonds. The molecule has 0 bridgehead atoms. The largest absolute Gasteiger partial charge is 0.389 e. The Kier molecular flexibility index (Phi) is 3.73. The SMILES string of the molecule is CC1(C)CC(C)(C)CC(O)(CNC(C)(C)C)C1. The molecule has 0 radical (unpaired) electrons. The summed E-state index contributed by atoms with van der Waals surface area (Å²) in [4.78, 5) is 0. The maximum Gasteiger partial charge on any atom is 0.0781 e. The van der Waals surface area contributed by atoms with Gasteiger partial charge in [0.2, 0.25) is 0 Å². The number of aliphatic hydroxyl groups is 1. The predicted molar refractivity (Wildman–Crippen MR) is 74.1 cm³/mol. The van der Waals surface area contributed by atoms with E-state index < -0.39 is 5.60 Å². The van der Waals surface area contributed by atoms with Crippen LogP contribution in [0.25, 0.3) is 0 Å². The van der Waals surface area contributed by atoms with Crippen LogP contribution in [0.5, 0.6) is 0 Å². The molecule has 2 N–H and O–H groups in total. The second-order valence-electron chi connectivity index (χ2n) is 8.69. The van der Waals surface area contributed by atoms with E-state index in [0.717, 1.165) is 12.8 Å². The normalized spacial score (nSPS) is 26.8. The fourth-order valence-corrected chi connectivity index (χ4v) is 3.82. The summed E-state index contributed by atoms with van der Waals surface area (Å²) in [7, 11) is 0. The maximum atomic E-state index is 10.8. The standard InChI is InChI=1S/C15H31NO/c1-12(2,3)16-11-15(17)9-13(4,5)8-14(6,7)10-15/h16-17H,8-11H2,1-7H3. The molecule has 0 aromatic carbocycles. The van der Waals surface area contributed by atoms with Crippen molar-refractivity contribution < 1.29 is 5.11 Å². The molecule has 17 heavy (non-hydrogen) atoms. The van der Waals surface area contributed by atoms with Gasteiger partial charge in [0.15, 0.2) is 0 Å². The first-order valence-corrected chi connectivity index (χ1v) is 6.80. The van der Waals surface area contributed by atoms with Crippen LogP contribution < -0.4 is 5.32 Å². The fraction of sp³-hybridized carbons (Fsp3) is 1.00. The van der Waals surface area contributed by atoms with Gasteiger partial charge in [-0.2, -0.15) is 0 Å². The molecule has 0 atom stereocenters. The number of rotatable bonds is 2. The molecule has 0 unspecified atom stereocenters. The van der Waals surface area contributed by atoms with E-state index in [1.54, 1.807) is 0 Å². The third-order valence-electron chi connectivity index (χ3n) is 3.52. The minimum absolute atomic E-state index is 0.0709. The Balaban J connectivity index is 2.74. The molecule has 2 heteroatoms. The van der Waals surface area contributed by atoms with Gasteiger partial charge in [-0.15, -0.1) is 0 Å². The van der Waals surface area contributed by atoms with E-state index in [1.165, 1.54) is 6.42 Å². The molecule has 0 saturated heterocycles. The minimum Gasteiger partial charge on any atom is -0.389 e. The second kappa shape index (κ2) is 4.24. The first-order chi connectivity index (χ1) is 7.33. The van der Waals surface area contributed by atoms with Crippen LogP contribution in [0.15, 0.2) is 0 Å². The highest BCUT2D eigenvalue weighted by molar-refractivity contribution is 4.99. The molecule has 1 rings (SSSR count). The van der Waals surface area contributed by atoms with E-state index in [0.29, 0.717) is 6.54 Å². The maximum absolute atomic E-state index is 10.8. The summed E-state index contributed by atoms with van der Waals surface area (Å²) in [6, 6.07) is 0. The Bertz CT molecular complexity index is 257. The molecule has 0 heterocycles. The van der Waals surface area contributed by atoms with Crippen LogP contribution in [0.3, 0.4) is 0 Å². The Labute approximate surface area is 107 Å². The molecule has 0 aliphatic heterocycles. The number of hydrogen-bond acceptors (Lipinski definition) is 2. The van der Waals surface area contributed by atoms with Crippen molar-refractivity contribution in [1.82, 2.24) is 5.32 Å². The van der Waals surface area contributed by atoms with Crippen molar-refractivity contribution in [3.05, 3.63) is 0 Å². The molecular formula is C15H31NO. The lowest BCUT2D eigenvalue weighted by Gasteiger charge is -2.50. The van der Waals surface area contributed by atoms with Crippen LogP contribution in [0.4, 0.5) is 0 Å². The van der Waals surface area contributed by atoms with Gasteiger partial charge in [0, 0.05) is 12.1 Å². The van der Waals surface area contributed by atoms with Crippen molar-refractivity contribution in [1.29, 1.82) is 0 Å². The van der Waals surface area contributed by atoms with Gasteiger partial charge in [-0.3, -0.25) is 0 Å². The number of β-amino-alcohol motifs (C(OH)–C–C–N with tert-alkyl or cyclic N) is 1. The Morgan fingerprint density at radius 1 is 0.941 bits per heavy atom. The molecule has 0 aromatic heterocycles. The van der Waals surface area contributed by atoms with Crippen molar-refractivity contribution in [3.63, 3.8) is 0 Å². The first kappa shape index (κ1) is 15.0. The molecule has 2 nitrogen and oxygen atoms in total. The highest BCUT2D eigenvalue weighted by atomic mass is 16.3. The zero-order valence-corrected chi connectivity index (χ0v) is 12.8. The molecule has 1 saturated carbocycles. The van der Waals surface area contributed by atoms with E-state index >= 15 is 0 Å². The molecule has 1 aliphatic carbocycles. The van der Waals surface area contributed by atoms with Crippen molar-refractivity contribution in [2.24, 2.45) is 10.8 Å². The fourth-order valence-electron chi connectivity index (χ4n) is 3.82. The van der Waals surface area contributed by atoms with E-state index in [2.05, 4.69) is 53.8 Å². The smallest absolute Gasteiger partial charge is 0.0781 e. The highest BCUT2D eigenvalue weighted by Crippen LogP contribution is 2.49. The predicted octanol–water partition coefficient (Wildman–Crippen LogP) is 3.34. The lowest BCUT2D eigenvalue weighted by Crippen LogP contribution is -2.54. The highest BCUT2D eigenvalue weighted by Gasteiger charge is 2.46. The summed E-state index contributed by atoms with van der Waals surface area (Å²) in [5.41, 5.74) is -0.0217. The van der Waals surface area contributed by atoms with Gasteiger partial charge in [-0.1, -0.05) is 27.7 Å². The Morgan fingerprint density at radius 3 is 1.71 bits per heavy atom. The van der Waals surface area contributed by atoms with E-state index in [9.17, 15) is 5.11 Å². The third kappa shape index (κ3) is 4.97. The van der Waals surface area contributed by atoms with E-state index in [-0.39, 0.29) is 16.4 Å². The van der Waals surface area contributed by atoms with Gasteiger partial charge in [0.25, 0.3) is 0 Å². The molecule has 0 aromatic rings. The van der Waals surface area contributed by atoms with Gasteiger partial charge >= 0.3 is 0 Å². The molecular weight excluding hydrogens is 210 g/mol. The lowest BCUT2D eigenvalue weighted by molar-refractivity contribution is -0.0862. The van der Waals surface area contributed by atoms with Gasteiger partial charge in [0.05, 0.1) is 5.60 Å². The van der Waals surface area contributed by atoms with E-state index in [1.807, 2.05) is 0 Å². The van der Waals surface area contributed by atoms with Crippen LogP contribution in [-0.4, -0.2) is 22.8 Å². The molecule has 102 valence electrons. The lowest BCUT2D eigenvalue weighted by atomic mass is 9.59. The number of hydrogen-bond donors (Lipinski definition) is 2. The summed E-state index contributed by atoms with van der Waals surface area (Å²) in [5.74, 6) is 0. The van der Waals surface area contributed by atoms with Crippen LogP contribution in [0.1, 0.15) is 67.7 Å². The van der Waals surface area contributed by atoms with Crippen molar-refractivity contribution in [3.8, 4) is 0 Å². The van der Waals surface area contributed by atoms with Crippen LogP contribution in [0.2, 0.25) is 0 Å². The van der Waals surface area contributed by atoms with Crippen LogP contribution >= 0.6 is 0 Å². The molecule has 0 spiro atoms. The van der Waals surface area contributed by atoms with Gasteiger partial charge in [-0.05, 0) is 50.9 Å². The van der Waals surface area contributed by atoms with Crippen LogP contribution in [0, 0.1) is 10.8 Å². The Morgan fingerprint density at radius 2 is 1.35 bits per heavy atom. The minimum atomic E-state index is -0.557. The van der Waals surface area contributed by atoms with Crippen molar-refractivity contribution >= 4 is 0 Å². The molecule has 1 fully saturated rings. The summed E-state index contributed by atoms with van der Waals surface area (Å²) < 4.78 is 0. The first-order valence-electron chi connectivity index (χ1n) is 6.80. The summed E-state index contributed by atoms with van der Waals surface area (Å²) >= 11 is 0.